The van der Waals surface area contributed by atoms with E-state index in [1.54, 1.807) is 0 Å². The van der Waals surface area contributed by atoms with Crippen LogP contribution in [-0.4, -0.2) is 34.5 Å². The highest BCUT2D eigenvalue weighted by Crippen LogP contribution is 2.25. The Balaban J connectivity index is 2.68. The molecule has 0 fully saturated rings. The first kappa shape index (κ1) is 17.3. The average Bonchev–Trinajstić information content (AvgIpc) is 2.44. The van der Waals surface area contributed by atoms with E-state index in [0.29, 0.717) is 12.2 Å². The van der Waals surface area contributed by atoms with Crippen LogP contribution >= 0.6 is 0 Å². The van der Waals surface area contributed by atoms with Gasteiger partial charge >= 0.3 is 0 Å². The van der Waals surface area contributed by atoms with Gasteiger partial charge in [0.2, 0.25) is 15.9 Å². The molecule has 0 atom stereocenters. The Morgan fingerprint density at radius 2 is 2.05 bits per heavy atom. The molecule has 21 heavy (non-hydrogen) atoms. The van der Waals surface area contributed by atoms with Gasteiger partial charge in [-0.1, -0.05) is 6.92 Å². The molecule has 0 aliphatic rings. The molecule has 0 aliphatic carbocycles. The minimum absolute atomic E-state index is 0.00633. The summed E-state index contributed by atoms with van der Waals surface area (Å²) in [4.78, 5) is 11.4. The second-order valence-electron chi connectivity index (χ2n) is 4.41. The molecule has 0 spiro atoms. The van der Waals surface area contributed by atoms with Crippen LogP contribution < -0.4 is 20.5 Å². The van der Waals surface area contributed by atoms with E-state index in [0.717, 1.165) is 6.42 Å². The van der Waals surface area contributed by atoms with Gasteiger partial charge in [-0.3, -0.25) is 4.79 Å². The van der Waals surface area contributed by atoms with Gasteiger partial charge in [-0.2, -0.15) is 0 Å². The fourth-order valence-corrected chi connectivity index (χ4v) is 2.82. The highest BCUT2D eigenvalue weighted by Gasteiger charge is 2.19. The van der Waals surface area contributed by atoms with Crippen LogP contribution in [-0.2, 0) is 14.8 Å². The van der Waals surface area contributed by atoms with Gasteiger partial charge in [-0.05, 0) is 18.6 Å². The van der Waals surface area contributed by atoms with Gasteiger partial charge in [0.05, 0.1) is 7.11 Å². The molecule has 1 aromatic carbocycles. The summed E-state index contributed by atoms with van der Waals surface area (Å²) in [6.07, 6.45) is 0.913. The Kier molecular flexibility index (Phi) is 6.44. The van der Waals surface area contributed by atoms with Gasteiger partial charge in [-0.15, -0.1) is 0 Å². The normalized spacial score (nSPS) is 11.1. The SMILES string of the molecule is CCCNC(=O)CCNS(=O)(=O)c1ccc(N)cc1OC. The zero-order valence-electron chi connectivity index (χ0n) is 12.2. The van der Waals surface area contributed by atoms with Crippen LogP contribution in [0.3, 0.4) is 0 Å². The van der Waals surface area contributed by atoms with E-state index < -0.39 is 10.0 Å². The van der Waals surface area contributed by atoms with Crippen LogP contribution in [0.15, 0.2) is 23.1 Å². The van der Waals surface area contributed by atoms with Crippen molar-refractivity contribution in [1.82, 2.24) is 10.0 Å². The molecule has 4 N–H and O–H groups in total. The van der Waals surface area contributed by atoms with Gasteiger partial charge in [-0.25, -0.2) is 13.1 Å². The van der Waals surface area contributed by atoms with Crippen LogP contribution in [0.25, 0.3) is 0 Å². The molecule has 7 nitrogen and oxygen atoms in total. The largest absolute Gasteiger partial charge is 0.495 e. The maximum atomic E-state index is 12.2. The van der Waals surface area contributed by atoms with Crippen molar-refractivity contribution in [2.24, 2.45) is 0 Å². The van der Waals surface area contributed by atoms with Crippen LogP contribution in [0.4, 0.5) is 5.69 Å². The van der Waals surface area contributed by atoms with Gasteiger partial charge in [0.1, 0.15) is 10.6 Å². The van der Waals surface area contributed by atoms with Crippen molar-refractivity contribution in [3.05, 3.63) is 18.2 Å². The number of nitrogen functional groups attached to an aromatic ring is 1. The lowest BCUT2D eigenvalue weighted by Crippen LogP contribution is -2.31. The molecule has 0 aliphatic heterocycles. The lowest BCUT2D eigenvalue weighted by molar-refractivity contribution is -0.120. The van der Waals surface area contributed by atoms with Crippen molar-refractivity contribution >= 4 is 21.6 Å². The molecule has 0 unspecified atom stereocenters. The first-order chi connectivity index (χ1) is 9.90. The monoisotopic (exact) mass is 315 g/mol. The maximum Gasteiger partial charge on any atom is 0.244 e. The number of amides is 1. The Bertz CT molecular complexity index is 587. The van der Waals surface area contributed by atoms with Crippen molar-refractivity contribution in [1.29, 1.82) is 0 Å². The van der Waals surface area contributed by atoms with E-state index in [1.807, 2.05) is 6.92 Å². The number of methoxy groups -OCH3 is 1. The quantitative estimate of drug-likeness (QED) is 0.604. The Hall–Kier alpha value is -1.80. The number of nitrogens with one attached hydrogen (secondary N) is 2. The smallest absolute Gasteiger partial charge is 0.244 e. The number of hydrogen-bond acceptors (Lipinski definition) is 5. The van der Waals surface area contributed by atoms with E-state index in [9.17, 15) is 13.2 Å². The van der Waals surface area contributed by atoms with Gasteiger partial charge in [0.15, 0.2) is 0 Å². The second kappa shape index (κ2) is 7.84. The number of carbonyl (C=O) groups excluding carboxylic acids is 1. The number of rotatable bonds is 8. The van der Waals surface area contributed by atoms with Crippen molar-refractivity contribution in [2.75, 3.05) is 25.9 Å². The first-order valence-electron chi connectivity index (χ1n) is 6.60. The molecule has 1 amide bonds. The molecule has 8 heteroatoms. The van der Waals surface area contributed by atoms with E-state index in [4.69, 9.17) is 10.5 Å². The summed E-state index contributed by atoms with van der Waals surface area (Å²) >= 11 is 0. The summed E-state index contributed by atoms with van der Waals surface area (Å²) in [5.41, 5.74) is 5.99. The van der Waals surface area contributed by atoms with Crippen molar-refractivity contribution < 1.29 is 17.9 Å². The molecule has 0 aromatic heterocycles. The average molecular weight is 315 g/mol. The lowest BCUT2D eigenvalue weighted by Gasteiger charge is -2.11. The predicted molar refractivity (Wildman–Crippen MR) is 80.5 cm³/mol. The zero-order chi connectivity index (χ0) is 15.9. The van der Waals surface area contributed by atoms with E-state index in [1.165, 1.54) is 25.3 Å². The maximum absolute atomic E-state index is 12.2. The molecule has 0 saturated heterocycles. The number of nitrogens with two attached hydrogens (primary N) is 1. The van der Waals surface area contributed by atoms with Crippen molar-refractivity contribution in [3.8, 4) is 5.75 Å². The van der Waals surface area contributed by atoms with Crippen molar-refractivity contribution in [2.45, 2.75) is 24.7 Å². The van der Waals surface area contributed by atoms with E-state index in [2.05, 4.69) is 10.0 Å². The van der Waals surface area contributed by atoms with E-state index in [-0.39, 0.29) is 29.5 Å². The summed E-state index contributed by atoms with van der Waals surface area (Å²) < 4.78 is 31.7. The number of sulfonamides is 1. The molecular weight excluding hydrogens is 294 g/mol. The molecule has 1 aromatic rings. The molecule has 0 radical (unpaired) electrons. The number of carbonyl (C=O) groups is 1. The standard InChI is InChI=1S/C13H21N3O4S/c1-3-7-15-13(17)6-8-16-21(18,19)12-5-4-10(14)9-11(12)20-2/h4-5,9,16H,3,6-8,14H2,1-2H3,(H,15,17). The summed E-state index contributed by atoms with van der Waals surface area (Å²) in [6.45, 7) is 2.54. The van der Waals surface area contributed by atoms with Gasteiger partial charge in [0, 0.05) is 31.3 Å². The van der Waals surface area contributed by atoms with Crippen molar-refractivity contribution in [3.63, 3.8) is 0 Å². The third kappa shape index (κ3) is 5.24. The number of ether oxygens (including phenoxy) is 1. The Labute approximate surface area is 124 Å². The first-order valence-corrected chi connectivity index (χ1v) is 8.09. The molecule has 1 rings (SSSR count). The highest BCUT2D eigenvalue weighted by atomic mass is 32.2. The summed E-state index contributed by atoms with van der Waals surface area (Å²) in [6, 6.07) is 4.28. The number of benzene rings is 1. The summed E-state index contributed by atoms with van der Waals surface area (Å²) in [7, 11) is -2.38. The molecule has 0 saturated carbocycles. The topological polar surface area (TPSA) is 111 Å². The molecule has 0 bridgehead atoms. The Morgan fingerprint density at radius 1 is 1.33 bits per heavy atom. The lowest BCUT2D eigenvalue weighted by atomic mass is 10.3. The summed E-state index contributed by atoms with van der Waals surface area (Å²) in [5.74, 6) is -0.0262. The fourth-order valence-electron chi connectivity index (χ4n) is 1.64. The molecule has 0 heterocycles. The molecular formula is C13H21N3O4S. The van der Waals surface area contributed by atoms with Gasteiger partial charge in [0.25, 0.3) is 0 Å². The van der Waals surface area contributed by atoms with E-state index >= 15 is 0 Å². The third-order valence-corrected chi connectivity index (χ3v) is 4.19. The molecule has 118 valence electrons. The van der Waals surface area contributed by atoms with Crippen LogP contribution in [0, 0.1) is 0 Å². The Morgan fingerprint density at radius 3 is 2.67 bits per heavy atom. The summed E-state index contributed by atoms with van der Waals surface area (Å²) in [5, 5.41) is 2.67. The minimum Gasteiger partial charge on any atom is -0.495 e. The minimum atomic E-state index is -3.75. The highest BCUT2D eigenvalue weighted by molar-refractivity contribution is 7.89. The number of anilines is 1. The van der Waals surface area contributed by atoms with Crippen LogP contribution in [0.1, 0.15) is 19.8 Å². The predicted octanol–water partition coefficient (Wildman–Crippen LogP) is 0.472. The van der Waals surface area contributed by atoms with Crippen LogP contribution in [0.5, 0.6) is 5.75 Å². The van der Waals surface area contributed by atoms with Crippen LogP contribution in [0.2, 0.25) is 0 Å². The zero-order valence-corrected chi connectivity index (χ0v) is 13.0. The van der Waals surface area contributed by atoms with Gasteiger partial charge < -0.3 is 15.8 Å². The third-order valence-electron chi connectivity index (χ3n) is 2.69. The fraction of sp³-hybridized carbons (Fsp3) is 0.462. The number of hydrogen-bond donors (Lipinski definition) is 3. The second-order valence-corrected chi connectivity index (χ2v) is 6.14.